The standard InChI is InChI=1S/C17H22N4O6/c1-10(2)27-17(25)14(6-4-11(22)8-20-18)21-16(24)15(23)13-7-5-12(26-3)9-19-13/h5,7-10,14-15,23H,4,6H2,1-3H3,(H,21,24)/t14-,15-/m0/s1. The highest BCUT2D eigenvalue weighted by Gasteiger charge is 2.28. The van der Waals surface area contributed by atoms with Gasteiger partial charge in [0.1, 0.15) is 11.8 Å². The Labute approximate surface area is 156 Å². The molecule has 0 saturated heterocycles. The summed E-state index contributed by atoms with van der Waals surface area (Å²) in [5, 5.41) is 12.5. The summed E-state index contributed by atoms with van der Waals surface area (Å²) in [5.41, 5.74) is 8.41. The number of pyridine rings is 1. The molecule has 0 spiro atoms. The summed E-state index contributed by atoms with van der Waals surface area (Å²) >= 11 is 0. The number of carbonyl (C=O) groups is 3. The largest absolute Gasteiger partial charge is 0.495 e. The second-order valence-electron chi connectivity index (χ2n) is 5.82. The van der Waals surface area contributed by atoms with Gasteiger partial charge < -0.3 is 25.4 Å². The first-order valence-corrected chi connectivity index (χ1v) is 8.17. The van der Waals surface area contributed by atoms with Gasteiger partial charge in [0.25, 0.3) is 5.91 Å². The number of aliphatic hydroxyl groups excluding tert-OH is 1. The molecule has 146 valence electrons. The summed E-state index contributed by atoms with van der Waals surface area (Å²) < 4.78 is 10.0. The van der Waals surface area contributed by atoms with Gasteiger partial charge in [-0.3, -0.25) is 14.6 Å². The molecule has 1 rings (SSSR count). The monoisotopic (exact) mass is 378 g/mol. The van der Waals surface area contributed by atoms with Gasteiger partial charge in [0.15, 0.2) is 6.10 Å². The van der Waals surface area contributed by atoms with E-state index >= 15 is 0 Å². The second kappa shape index (κ2) is 10.8. The van der Waals surface area contributed by atoms with Crippen molar-refractivity contribution in [3.63, 3.8) is 0 Å². The molecule has 0 fully saturated rings. The summed E-state index contributed by atoms with van der Waals surface area (Å²) in [6.07, 6.45) is -0.282. The molecule has 2 atom stereocenters. The third-order valence-electron chi connectivity index (χ3n) is 3.36. The second-order valence-corrected chi connectivity index (χ2v) is 5.82. The van der Waals surface area contributed by atoms with Crippen LogP contribution >= 0.6 is 0 Å². The van der Waals surface area contributed by atoms with Crippen molar-refractivity contribution in [3.8, 4) is 5.75 Å². The van der Waals surface area contributed by atoms with Crippen LogP contribution in [0.5, 0.6) is 5.75 Å². The summed E-state index contributed by atoms with van der Waals surface area (Å²) in [5.74, 6) is -1.70. The van der Waals surface area contributed by atoms with E-state index in [-0.39, 0.29) is 18.5 Å². The summed E-state index contributed by atoms with van der Waals surface area (Å²) in [4.78, 5) is 42.4. The summed E-state index contributed by atoms with van der Waals surface area (Å²) in [6.45, 7) is 3.27. The minimum atomic E-state index is -1.63. The molecule has 2 N–H and O–H groups in total. The zero-order valence-corrected chi connectivity index (χ0v) is 15.3. The Morgan fingerprint density at radius 2 is 2.07 bits per heavy atom. The Morgan fingerprint density at radius 1 is 1.37 bits per heavy atom. The number of nitrogens with zero attached hydrogens (tertiary/aromatic N) is 3. The van der Waals surface area contributed by atoms with Crippen molar-refractivity contribution in [1.29, 1.82) is 0 Å². The van der Waals surface area contributed by atoms with Gasteiger partial charge in [-0.05, 0) is 32.4 Å². The number of carbonyl (C=O) groups excluding carboxylic acids is 3. The van der Waals surface area contributed by atoms with E-state index in [0.717, 1.165) is 0 Å². The van der Waals surface area contributed by atoms with Crippen LogP contribution in [0.2, 0.25) is 0 Å². The molecule has 1 aromatic heterocycles. The van der Waals surface area contributed by atoms with E-state index in [0.29, 0.717) is 12.0 Å². The molecule has 0 aliphatic carbocycles. The molecular formula is C17H22N4O6. The average Bonchev–Trinajstić information content (AvgIpc) is 2.63. The lowest BCUT2D eigenvalue weighted by Gasteiger charge is -2.20. The molecule has 1 aromatic rings. The van der Waals surface area contributed by atoms with Crippen molar-refractivity contribution >= 4 is 23.9 Å². The lowest BCUT2D eigenvalue weighted by molar-refractivity contribution is -0.152. The lowest BCUT2D eigenvalue weighted by Crippen LogP contribution is -2.45. The molecule has 0 aliphatic heterocycles. The Bertz CT molecular complexity index is 713. The minimum absolute atomic E-state index is 0.0627. The zero-order chi connectivity index (χ0) is 20.4. The zero-order valence-electron chi connectivity index (χ0n) is 15.3. The van der Waals surface area contributed by atoms with Crippen LogP contribution in [0.15, 0.2) is 18.3 Å². The molecular weight excluding hydrogens is 356 g/mol. The van der Waals surface area contributed by atoms with Gasteiger partial charge in [0.05, 0.1) is 25.1 Å². The van der Waals surface area contributed by atoms with Crippen LogP contribution in [-0.4, -0.2) is 58.0 Å². The fraction of sp³-hybridized carbons (Fsp3) is 0.471. The number of rotatable bonds is 10. The third-order valence-corrected chi connectivity index (χ3v) is 3.36. The predicted molar refractivity (Wildman–Crippen MR) is 92.8 cm³/mol. The number of Topliss-reactive ketones (excluding diaryl/α,β-unsaturated/α-hetero) is 1. The van der Waals surface area contributed by atoms with Crippen LogP contribution in [-0.2, 0) is 19.1 Å². The van der Waals surface area contributed by atoms with E-state index in [4.69, 9.17) is 15.0 Å². The molecule has 10 heteroatoms. The van der Waals surface area contributed by atoms with E-state index in [9.17, 15) is 19.5 Å². The van der Waals surface area contributed by atoms with E-state index in [1.54, 1.807) is 13.8 Å². The van der Waals surface area contributed by atoms with E-state index in [1.165, 1.54) is 25.4 Å². The number of aliphatic hydroxyl groups is 1. The van der Waals surface area contributed by atoms with Crippen LogP contribution in [0, 0.1) is 0 Å². The number of ketones is 1. The maximum absolute atomic E-state index is 12.3. The van der Waals surface area contributed by atoms with Crippen molar-refractivity contribution in [2.24, 2.45) is 0 Å². The van der Waals surface area contributed by atoms with Crippen molar-refractivity contribution < 1.29 is 33.8 Å². The molecule has 1 heterocycles. The highest BCUT2D eigenvalue weighted by atomic mass is 16.5. The normalized spacial score (nSPS) is 12.5. The number of hydrogen-bond donors (Lipinski definition) is 2. The first-order chi connectivity index (χ1) is 12.8. The quantitative estimate of drug-likeness (QED) is 0.255. The number of ether oxygens (including phenoxy) is 2. The van der Waals surface area contributed by atoms with Gasteiger partial charge in [0.2, 0.25) is 5.78 Å². The van der Waals surface area contributed by atoms with Crippen LogP contribution in [0.4, 0.5) is 0 Å². The van der Waals surface area contributed by atoms with Gasteiger partial charge in [-0.25, -0.2) is 4.79 Å². The summed E-state index contributed by atoms with van der Waals surface area (Å²) in [7, 11) is 1.45. The maximum atomic E-state index is 12.3. The van der Waals surface area contributed by atoms with Gasteiger partial charge in [-0.15, -0.1) is 0 Å². The van der Waals surface area contributed by atoms with Crippen LogP contribution in [0.3, 0.4) is 0 Å². The molecule has 0 radical (unpaired) electrons. The molecule has 0 aromatic carbocycles. The number of amides is 1. The van der Waals surface area contributed by atoms with E-state index in [2.05, 4.69) is 15.1 Å². The van der Waals surface area contributed by atoms with Crippen LogP contribution in [0.25, 0.3) is 5.53 Å². The third kappa shape index (κ3) is 7.35. The molecule has 10 nitrogen and oxygen atoms in total. The van der Waals surface area contributed by atoms with Crippen LogP contribution in [0.1, 0.15) is 38.5 Å². The molecule has 0 unspecified atom stereocenters. The van der Waals surface area contributed by atoms with Crippen molar-refractivity contribution in [2.45, 2.75) is 44.9 Å². The Kier molecular flexibility index (Phi) is 8.77. The first kappa shape index (κ1) is 21.9. The molecule has 0 saturated carbocycles. The maximum Gasteiger partial charge on any atom is 0.328 e. The highest BCUT2D eigenvalue weighted by Crippen LogP contribution is 2.15. The van der Waals surface area contributed by atoms with Gasteiger partial charge >= 0.3 is 12.2 Å². The Balaban J connectivity index is 2.83. The van der Waals surface area contributed by atoms with Gasteiger partial charge in [0, 0.05) is 6.42 Å². The van der Waals surface area contributed by atoms with E-state index in [1.807, 2.05) is 0 Å². The number of esters is 1. The van der Waals surface area contributed by atoms with Crippen molar-refractivity contribution in [1.82, 2.24) is 10.3 Å². The molecule has 0 aliphatic rings. The molecule has 27 heavy (non-hydrogen) atoms. The first-order valence-electron chi connectivity index (χ1n) is 8.17. The average molecular weight is 378 g/mol. The Morgan fingerprint density at radius 3 is 2.59 bits per heavy atom. The topological polar surface area (TPSA) is 151 Å². The number of aromatic nitrogens is 1. The van der Waals surface area contributed by atoms with E-state index < -0.39 is 35.9 Å². The predicted octanol–water partition coefficient (Wildman–Crippen LogP) is 0.210. The molecule has 0 bridgehead atoms. The van der Waals surface area contributed by atoms with Gasteiger partial charge in [-0.1, -0.05) is 0 Å². The fourth-order valence-electron chi connectivity index (χ4n) is 2.04. The van der Waals surface area contributed by atoms with Crippen molar-refractivity contribution in [2.75, 3.05) is 7.11 Å². The SMILES string of the molecule is COc1ccc([C@H](O)C(=O)N[C@@H](CCC(=O)C=[N+]=[N-])C(=O)OC(C)C)nc1. The minimum Gasteiger partial charge on any atom is -0.495 e. The Hall–Kier alpha value is -3.10. The smallest absolute Gasteiger partial charge is 0.328 e. The number of hydrogen-bond acceptors (Lipinski definition) is 7. The number of methoxy groups -OCH3 is 1. The highest BCUT2D eigenvalue weighted by molar-refractivity contribution is 6.25. The lowest BCUT2D eigenvalue weighted by atomic mass is 10.1. The fourth-order valence-corrected chi connectivity index (χ4v) is 2.04. The van der Waals surface area contributed by atoms with Crippen molar-refractivity contribution in [3.05, 3.63) is 29.6 Å². The van der Waals surface area contributed by atoms with Crippen LogP contribution < -0.4 is 10.1 Å². The summed E-state index contributed by atoms with van der Waals surface area (Å²) in [6, 6.07) is 1.77. The molecule has 1 amide bonds. The number of nitrogens with one attached hydrogen (secondary N) is 1. The van der Waals surface area contributed by atoms with Gasteiger partial charge in [-0.2, -0.15) is 4.79 Å².